The van der Waals surface area contributed by atoms with Crippen LogP contribution in [0.5, 0.6) is 5.75 Å². The summed E-state index contributed by atoms with van der Waals surface area (Å²) in [5, 5.41) is 3.58. The molecule has 2 aliphatic rings. The van der Waals surface area contributed by atoms with Crippen LogP contribution in [0.2, 0.25) is 0 Å². The van der Waals surface area contributed by atoms with Crippen molar-refractivity contribution >= 4 is 28.3 Å². The first kappa shape index (κ1) is 18.9. The Bertz CT molecular complexity index is 1150. The van der Waals surface area contributed by atoms with Crippen LogP contribution in [0.1, 0.15) is 71.1 Å². The van der Waals surface area contributed by atoms with Crippen molar-refractivity contribution in [3.8, 4) is 5.75 Å². The van der Waals surface area contributed by atoms with Gasteiger partial charge in [-0.15, -0.1) is 0 Å². The summed E-state index contributed by atoms with van der Waals surface area (Å²) >= 11 is 0. The summed E-state index contributed by atoms with van der Waals surface area (Å²) in [6, 6.07) is 11.4. The van der Waals surface area contributed by atoms with E-state index < -0.39 is 0 Å². The summed E-state index contributed by atoms with van der Waals surface area (Å²) in [6.45, 7) is 3.92. The molecule has 1 aliphatic carbocycles. The van der Waals surface area contributed by atoms with Gasteiger partial charge in [0.25, 0.3) is 5.91 Å². The molecule has 2 heterocycles. The molecule has 1 spiro atoms. The summed E-state index contributed by atoms with van der Waals surface area (Å²) in [4.78, 5) is 26.0. The monoisotopic (exact) mass is 403 g/mol. The summed E-state index contributed by atoms with van der Waals surface area (Å²) in [5.74, 6) is 0.603. The van der Waals surface area contributed by atoms with Gasteiger partial charge >= 0.3 is 0 Å². The van der Waals surface area contributed by atoms with E-state index in [1.807, 2.05) is 37.3 Å². The van der Waals surface area contributed by atoms with E-state index in [4.69, 9.17) is 9.15 Å². The molecule has 1 saturated carbocycles. The van der Waals surface area contributed by atoms with E-state index in [2.05, 4.69) is 12.2 Å². The van der Waals surface area contributed by atoms with Gasteiger partial charge in [0, 0.05) is 16.6 Å². The zero-order valence-electron chi connectivity index (χ0n) is 17.3. The molecule has 0 saturated heterocycles. The second-order valence-electron chi connectivity index (χ2n) is 8.46. The minimum Gasteiger partial charge on any atom is -0.486 e. The zero-order valence-corrected chi connectivity index (χ0v) is 17.3. The third-order valence-corrected chi connectivity index (χ3v) is 6.49. The second-order valence-corrected chi connectivity index (χ2v) is 8.46. The molecule has 30 heavy (non-hydrogen) atoms. The first-order valence-corrected chi connectivity index (χ1v) is 10.7. The fraction of sp³-hybridized carbons (Fsp3) is 0.360. The van der Waals surface area contributed by atoms with Gasteiger partial charge in [0.05, 0.1) is 12.0 Å². The molecule has 2 aromatic carbocycles. The highest BCUT2D eigenvalue weighted by Crippen LogP contribution is 2.46. The molecule has 154 valence electrons. The standard InChI is InChI=1S/C25H25NO4/c1-3-16-6-8-17(9-7-16)26-24(28)23-15(2)21-19(29-23)10-11-20-22(21)18(27)14-25(30-20)12-4-5-13-25/h6-11H,3-5,12-14H2,1-2H3,(H,26,28). The Morgan fingerprint density at radius 2 is 1.83 bits per heavy atom. The Kier molecular flexibility index (Phi) is 4.42. The van der Waals surface area contributed by atoms with E-state index in [-0.39, 0.29) is 23.1 Å². The highest BCUT2D eigenvalue weighted by molar-refractivity contribution is 6.14. The first-order chi connectivity index (χ1) is 14.5. The maximum atomic E-state index is 13.1. The average Bonchev–Trinajstić information content (AvgIpc) is 3.32. The van der Waals surface area contributed by atoms with Crippen molar-refractivity contribution < 1.29 is 18.7 Å². The molecule has 5 nitrogen and oxygen atoms in total. The third kappa shape index (κ3) is 3.00. The molecule has 0 unspecified atom stereocenters. The van der Waals surface area contributed by atoms with Gasteiger partial charge in [0.1, 0.15) is 16.9 Å². The van der Waals surface area contributed by atoms with Crippen LogP contribution in [0.4, 0.5) is 5.69 Å². The number of nitrogens with one attached hydrogen (secondary N) is 1. The summed E-state index contributed by atoms with van der Waals surface area (Å²) in [6.07, 6.45) is 5.38. The smallest absolute Gasteiger partial charge is 0.291 e. The van der Waals surface area contributed by atoms with Crippen LogP contribution in [-0.4, -0.2) is 17.3 Å². The number of aryl methyl sites for hydroxylation is 2. The van der Waals surface area contributed by atoms with Gasteiger partial charge in [-0.3, -0.25) is 9.59 Å². The zero-order chi connectivity index (χ0) is 20.9. The molecular formula is C25H25NO4. The quantitative estimate of drug-likeness (QED) is 0.597. The molecule has 1 aliphatic heterocycles. The van der Waals surface area contributed by atoms with Gasteiger partial charge in [0.2, 0.25) is 0 Å². The Morgan fingerprint density at radius 1 is 1.10 bits per heavy atom. The van der Waals surface area contributed by atoms with Gasteiger partial charge in [0.15, 0.2) is 11.5 Å². The van der Waals surface area contributed by atoms with Crippen LogP contribution in [0.25, 0.3) is 11.0 Å². The minimum atomic E-state index is -0.347. The topological polar surface area (TPSA) is 68.5 Å². The summed E-state index contributed by atoms with van der Waals surface area (Å²) < 4.78 is 12.2. The number of anilines is 1. The minimum absolute atomic E-state index is 0.0785. The van der Waals surface area contributed by atoms with Crippen LogP contribution >= 0.6 is 0 Å². The normalized spacial score (nSPS) is 17.2. The molecule has 1 N–H and O–H groups in total. The predicted octanol–water partition coefficient (Wildman–Crippen LogP) is 5.83. The lowest BCUT2D eigenvalue weighted by atomic mass is 9.87. The number of benzene rings is 2. The number of hydrogen-bond acceptors (Lipinski definition) is 4. The number of amides is 1. The molecule has 0 radical (unpaired) electrons. The number of fused-ring (bicyclic) bond motifs is 3. The van der Waals surface area contributed by atoms with Crippen molar-refractivity contribution in [2.45, 2.75) is 58.0 Å². The average molecular weight is 403 g/mol. The molecular weight excluding hydrogens is 378 g/mol. The van der Waals surface area contributed by atoms with Crippen LogP contribution in [0.3, 0.4) is 0 Å². The first-order valence-electron chi connectivity index (χ1n) is 10.7. The van der Waals surface area contributed by atoms with E-state index in [1.54, 1.807) is 6.07 Å². The molecule has 5 heteroatoms. The number of carbonyl (C=O) groups excluding carboxylic acids is 2. The van der Waals surface area contributed by atoms with Crippen LogP contribution in [0, 0.1) is 6.92 Å². The lowest BCUT2D eigenvalue weighted by Crippen LogP contribution is -2.39. The van der Waals surface area contributed by atoms with Crippen LogP contribution < -0.4 is 10.1 Å². The SMILES string of the molecule is CCc1ccc(NC(=O)c2oc3ccc4c(c3c2C)C(=O)CC2(CCCC2)O4)cc1. The molecule has 0 bridgehead atoms. The Morgan fingerprint density at radius 3 is 2.53 bits per heavy atom. The number of furan rings is 1. The number of Topliss-reactive ketones (excluding diaryl/α,β-unsaturated/α-hetero) is 1. The van der Waals surface area contributed by atoms with Gasteiger partial charge in [-0.2, -0.15) is 0 Å². The molecule has 3 aromatic rings. The van der Waals surface area contributed by atoms with Crippen molar-refractivity contribution in [3.05, 3.63) is 58.8 Å². The van der Waals surface area contributed by atoms with Crippen LogP contribution in [0.15, 0.2) is 40.8 Å². The van der Waals surface area contributed by atoms with Gasteiger partial charge < -0.3 is 14.5 Å². The molecule has 0 atom stereocenters. The van der Waals surface area contributed by atoms with Gasteiger partial charge in [-0.25, -0.2) is 0 Å². The second kappa shape index (κ2) is 7.01. The van der Waals surface area contributed by atoms with E-state index in [0.29, 0.717) is 40.0 Å². The maximum absolute atomic E-state index is 13.1. The maximum Gasteiger partial charge on any atom is 0.291 e. The van der Waals surface area contributed by atoms with Gasteiger partial charge in [-0.1, -0.05) is 19.1 Å². The molecule has 1 fully saturated rings. The highest BCUT2D eigenvalue weighted by atomic mass is 16.5. The Labute approximate surface area is 175 Å². The van der Waals surface area contributed by atoms with E-state index in [9.17, 15) is 9.59 Å². The number of ketones is 1. The fourth-order valence-electron chi connectivity index (χ4n) is 4.86. The Balaban J connectivity index is 1.51. The van der Waals surface area contributed by atoms with E-state index in [0.717, 1.165) is 32.1 Å². The van der Waals surface area contributed by atoms with Crippen molar-refractivity contribution in [2.75, 3.05) is 5.32 Å². The number of ether oxygens (including phenoxy) is 1. The molecule has 5 rings (SSSR count). The third-order valence-electron chi connectivity index (χ3n) is 6.49. The van der Waals surface area contributed by atoms with Crippen molar-refractivity contribution in [3.63, 3.8) is 0 Å². The number of rotatable bonds is 3. The lowest BCUT2D eigenvalue weighted by Gasteiger charge is -2.34. The molecule has 1 aromatic heterocycles. The van der Waals surface area contributed by atoms with E-state index in [1.165, 1.54) is 5.56 Å². The lowest BCUT2D eigenvalue weighted by molar-refractivity contribution is 0.0454. The number of hydrogen-bond donors (Lipinski definition) is 1. The highest BCUT2D eigenvalue weighted by Gasteiger charge is 2.43. The van der Waals surface area contributed by atoms with Crippen LogP contribution in [-0.2, 0) is 6.42 Å². The summed E-state index contributed by atoms with van der Waals surface area (Å²) in [5.41, 5.74) is 3.33. The van der Waals surface area contributed by atoms with Crippen molar-refractivity contribution in [1.29, 1.82) is 0 Å². The van der Waals surface area contributed by atoms with Crippen molar-refractivity contribution in [2.24, 2.45) is 0 Å². The summed E-state index contributed by atoms with van der Waals surface area (Å²) in [7, 11) is 0. The van der Waals surface area contributed by atoms with Crippen molar-refractivity contribution in [1.82, 2.24) is 0 Å². The Hall–Kier alpha value is -3.08. The fourth-order valence-corrected chi connectivity index (χ4v) is 4.86. The predicted molar refractivity (Wildman–Crippen MR) is 115 cm³/mol. The number of carbonyl (C=O) groups is 2. The van der Waals surface area contributed by atoms with E-state index >= 15 is 0 Å². The van der Waals surface area contributed by atoms with Gasteiger partial charge in [-0.05, 0) is 68.9 Å². The largest absolute Gasteiger partial charge is 0.486 e. The molecule has 1 amide bonds.